The summed E-state index contributed by atoms with van der Waals surface area (Å²) in [6.45, 7) is 5.88. The molecule has 8 nitrogen and oxygen atoms in total. The summed E-state index contributed by atoms with van der Waals surface area (Å²) in [5.41, 5.74) is 2.89. The second kappa shape index (κ2) is 13.5. The van der Waals surface area contributed by atoms with E-state index in [4.69, 9.17) is 18.9 Å². The Bertz CT molecular complexity index is 1370. The zero-order chi connectivity index (χ0) is 29.5. The van der Waals surface area contributed by atoms with Crippen LogP contribution in [0, 0.1) is 6.92 Å². The first-order valence-corrected chi connectivity index (χ1v) is 14.1. The molecule has 2 fully saturated rings. The van der Waals surface area contributed by atoms with E-state index in [1.165, 1.54) is 12.1 Å². The van der Waals surface area contributed by atoms with Crippen molar-refractivity contribution in [3.63, 3.8) is 0 Å². The lowest BCUT2D eigenvalue weighted by Crippen LogP contribution is -2.36. The fourth-order valence-corrected chi connectivity index (χ4v) is 4.94. The minimum absolute atomic E-state index is 0.0799. The van der Waals surface area contributed by atoms with E-state index < -0.39 is 17.6 Å². The Morgan fingerprint density at radius 2 is 1.90 bits per heavy atom. The number of benzene rings is 2. The van der Waals surface area contributed by atoms with E-state index in [-0.39, 0.29) is 11.9 Å². The standard InChI is InChI=1S/C31H34F3N3O5/c1-21-8-9-25(36-29(38)22-5-4-6-24(17-22)31(32,33)34)19-26(21)23-18-27(37-10-13-39-14-11-37)30(35-20-23)42-16-15-41-28-7-2-3-12-40-28/h4-6,8-9,17-20,28H,2-3,7,10-16H2,1H3,(H,36,38). The molecule has 5 rings (SSSR count). The Labute approximate surface area is 242 Å². The lowest BCUT2D eigenvalue weighted by molar-refractivity contribution is -0.165. The van der Waals surface area contributed by atoms with E-state index in [0.29, 0.717) is 57.7 Å². The minimum Gasteiger partial charge on any atom is -0.474 e. The van der Waals surface area contributed by atoms with Crippen molar-refractivity contribution in [1.29, 1.82) is 0 Å². The number of alkyl halides is 3. The van der Waals surface area contributed by atoms with Gasteiger partial charge in [-0.2, -0.15) is 13.2 Å². The van der Waals surface area contributed by atoms with Crippen LogP contribution in [0.1, 0.15) is 40.7 Å². The van der Waals surface area contributed by atoms with Gasteiger partial charge in [0.2, 0.25) is 5.88 Å². The predicted octanol–water partition coefficient (Wildman–Crippen LogP) is 6.09. The topological polar surface area (TPSA) is 82.2 Å². The number of morpholine rings is 1. The number of hydrogen-bond donors (Lipinski definition) is 1. The van der Waals surface area contributed by atoms with Gasteiger partial charge >= 0.3 is 6.18 Å². The first-order chi connectivity index (χ1) is 20.3. The molecule has 1 unspecified atom stereocenters. The van der Waals surface area contributed by atoms with Gasteiger partial charge in [0.15, 0.2) is 6.29 Å². The number of aryl methyl sites for hydroxylation is 1. The van der Waals surface area contributed by atoms with Crippen LogP contribution >= 0.6 is 0 Å². The van der Waals surface area contributed by atoms with Gasteiger partial charge in [0.05, 0.1) is 25.4 Å². The summed E-state index contributed by atoms with van der Waals surface area (Å²) < 4.78 is 62.4. The van der Waals surface area contributed by atoms with E-state index in [9.17, 15) is 18.0 Å². The van der Waals surface area contributed by atoms with E-state index in [2.05, 4.69) is 15.2 Å². The molecule has 11 heteroatoms. The zero-order valence-electron chi connectivity index (χ0n) is 23.4. The van der Waals surface area contributed by atoms with Gasteiger partial charge in [-0.05, 0) is 73.7 Å². The monoisotopic (exact) mass is 585 g/mol. The highest BCUT2D eigenvalue weighted by atomic mass is 19.4. The fraction of sp³-hybridized carbons (Fsp3) is 0.419. The summed E-state index contributed by atoms with van der Waals surface area (Å²) in [6, 6.07) is 11.7. The Kier molecular flexibility index (Phi) is 9.61. The molecular formula is C31H34F3N3O5. The maximum atomic E-state index is 13.1. The Morgan fingerprint density at radius 3 is 2.67 bits per heavy atom. The molecule has 0 aliphatic carbocycles. The number of aromatic nitrogens is 1. The number of hydrogen-bond acceptors (Lipinski definition) is 7. The maximum Gasteiger partial charge on any atom is 0.416 e. The largest absolute Gasteiger partial charge is 0.474 e. The maximum absolute atomic E-state index is 13.1. The molecule has 3 aromatic rings. The summed E-state index contributed by atoms with van der Waals surface area (Å²) in [5, 5.41) is 2.72. The molecule has 2 aliphatic rings. The van der Waals surface area contributed by atoms with Gasteiger partial charge < -0.3 is 29.2 Å². The smallest absolute Gasteiger partial charge is 0.416 e. The number of ether oxygens (including phenoxy) is 4. The first kappa shape index (κ1) is 29.8. The van der Waals surface area contributed by atoms with Crippen LogP contribution in [0.25, 0.3) is 11.1 Å². The third-order valence-electron chi connectivity index (χ3n) is 7.21. The quantitative estimate of drug-likeness (QED) is 0.305. The van der Waals surface area contributed by atoms with E-state index in [1.807, 2.05) is 19.1 Å². The molecule has 42 heavy (non-hydrogen) atoms. The third-order valence-corrected chi connectivity index (χ3v) is 7.21. The number of amides is 1. The normalized spacial score (nSPS) is 17.6. The number of rotatable bonds is 9. The van der Waals surface area contributed by atoms with Crippen LogP contribution in [0.2, 0.25) is 0 Å². The van der Waals surface area contributed by atoms with Crippen LogP contribution in [0.15, 0.2) is 54.7 Å². The van der Waals surface area contributed by atoms with Gasteiger partial charge in [-0.15, -0.1) is 0 Å². The summed E-state index contributed by atoms with van der Waals surface area (Å²) in [5.74, 6) is -0.145. The molecule has 0 radical (unpaired) electrons. The lowest BCUT2D eigenvalue weighted by atomic mass is 10.0. The average molecular weight is 586 g/mol. The van der Waals surface area contributed by atoms with Crippen LogP contribution in [-0.4, -0.2) is 63.3 Å². The molecule has 2 saturated heterocycles. The van der Waals surface area contributed by atoms with Gasteiger partial charge in [-0.3, -0.25) is 4.79 Å². The second-order valence-electron chi connectivity index (χ2n) is 10.2. The van der Waals surface area contributed by atoms with Crippen molar-refractivity contribution < 1.29 is 36.9 Å². The molecule has 0 bridgehead atoms. The van der Waals surface area contributed by atoms with Crippen molar-refractivity contribution in [3.8, 4) is 17.0 Å². The number of nitrogens with one attached hydrogen (secondary N) is 1. The molecule has 2 aliphatic heterocycles. The highest BCUT2D eigenvalue weighted by Crippen LogP contribution is 2.35. The van der Waals surface area contributed by atoms with Crippen LogP contribution in [0.4, 0.5) is 24.5 Å². The Morgan fingerprint density at radius 1 is 1.07 bits per heavy atom. The molecule has 0 spiro atoms. The Hall–Kier alpha value is -3.67. The van der Waals surface area contributed by atoms with E-state index in [0.717, 1.165) is 53.8 Å². The highest BCUT2D eigenvalue weighted by molar-refractivity contribution is 6.04. The average Bonchev–Trinajstić information content (AvgIpc) is 3.01. The van der Waals surface area contributed by atoms with Crippen LogP contribution in [0.3, 0.4) is 0 Å². The van der Waals surface area contributed by atoms with E-state index in [1.54, 1.807) is 18.3 Å². The van der Waals surface area contributed by atoms with Crippen LogP contribution in [0.5, 0.6) is 5.88 Å². The van der Waals surface area contributed by atoms with Crippen molar-refractivity contribution in [2.24, 2.45) is 0 Å². The van der Waals surface area contributed by atoms with Gasteiger partial charge in [-0.25, -0.2) is 4.98 Å². The summed E-state index contributed by atoms with van der Waals surface area (Å²) in [7, 11) is 0. The van der Waals surface area contributed by atoms with Gasteiger partial charge in [0.1, 0.15) is 12.3 Å². The SMILES string of the molecule is Cc1ccc(NC(=O)c2cccc(C(F)(F)F)c2)cc1-c1cnc(OCCOC2CCCCO2)c(N2CCOCC2)c1. The molecule has 3 heterocycles. The van der Waals surface area contributed by atoms with Crippen LogP contribution in [-0.2, 0) is 20.4 Å². The number of halogens is 3. The number of carbonyl (C=O) groups is 1. The minimum atomic E-state index is -4.54. The molecule has 1 atom stereocenters. The number of anilines is 2. The first-order valence-electron chi connectivity index (χ1n) is 14.1. The molecule has 1 amide bonds. The fourth-order valence-electron chi connectivity index (χ4n) is 4.94. The van der Waals surface area contributed by atoms with Crippen molar-refractivity contribution in [2.45, 2.75) is 38.7 Å². The summed E-state index contributed by atoms with van der Waals surface area (Å²) in [4.78, 5) is 19.6. The van der Waals surface area contributed by atoms with E-state index >= 15 is 0 Å². The van der Waals surface area contributed by atoms with Crippen molar-refractivity contribution >= 4 is 17.3 Å². The molecule has 1 aromatic heterocycles. The van der Waals surface area contributed by atoms with Crippen molar-refractivity contribution in [3.05, 3.63) is 71.4 Å². The molecule has 0 saturated carbocycles. The second-order valence-corrected chi connectivity index (χ2v) is 10.2. The number of nitrogens with zero attached hydrogens (tertiary/aromatic N) is 2. The third kappa shape index (κ3) is 7.58. The van der Waals surface area contributed by atoms with Gasteiger partial charge in [0.25, 0.3) is 5.91 Å². The molecule has 224 valence electrons. The summed E-state index contributed by atoms with van der Waals surface area (Å²) in [6.07, 6.45) is 0.00712. The van der Waals surface area contributed by atoms with Gasteiger partial charge in [-0.1, -0.05) is 12.1 Å². The molecular weight excluding hydrogens is 551 g/mol. The molecule has 1 N–H and O–H groups in total. The van der Waals surface area contributed by atoms with Gasteiger partial charge in [0, 0.05) is 42.7 Å². The predicted molar refractivity (Wildman–Crippen MR) is 152 cm³/mol. The number of pyridine rings is 1. The van der Waals surface area contributed by atoms with Crippen molar-refractivity contribution in [2.75, 3.05) is 56.3 Å². The van der Waals surface area contributed by atoms with Crippen molar-refractivity contribution in [1.82, 2.24) is 4.98 Å². The zero-order valence-corrected chi connectivity index (χ0v) is 23.4. The summed E-state index contributed by atoms with van der Waals surface area (Å²) >= 11 is 0. The van der Waals surface area contributed by atoms with Crippen LogP contribution < -0.4 is 15.0 Å². The Balaban J connectivity index is 1.34. The highest BCUT2D eigenvalue weighted by Gasteiger charge is 2.31. The molecule has 2 aromatic carbocycles. The lowest BCUT2D eigenvalue weighted by Gasteiger charge is -2.30. The number of carbonyl (C=O) groups excluding carboxylic acids is 1.